The van der Waals surface area contributed by atoms with Crippen molar-refractivity contribution in [3.63, 3.8) is 0 Å². The number of benzene rings is 2. The van der Waals surface area contributed by atoms with E-state index in [4.69, 9.17) is 85.0 Å². The van der Waals surface area contributed by atoms with Gasteiger partial charge in [0.2, 0.25) is 0 Å². The summed E-state index contributed by atoms with van der Waals surface area (Å²) in [7, 11) is 2.66. The summed E-state index contributed by atoms with van der Waals surface area (Å²) in [6, 6.07) is 9.40. The molecule has 14 nitrogen and oxygen atoms in total. The number of rotatable bonds is 6. The van der Waals surface area contributed by atoms with E-state index in [1.54, 1.807) is 24.3 Å². The Morgan fingerprint density at radius 3 is 1.43 bits per heavy atom. The molecule has 2 aromatic carbocycles. The van der Waals surface area contributed by atoms with Crippen LogP contribution < -0.4 is 9.05 Å². The van der Waals surface area contributed by atoms with Crippen molar-refractivity contribution >= 4 is 66.5 Å². The van der Waals surface area contributed by atoms with E-state index >= 15 is 0 Å². The van der Waals surface area contributed by atoms with E-state index in [1.165, 1.54) is 24.3 Å². The van der Waals surface area contributed by atoms with Crippen molar-refractivity contribution < 1.29 is 64.8 Å². The first-order chi connectivity index (χ1) is 21.8. The van der Waals surface area contributed by atoms with Crippen molar-refractivity contribution in [2.75, 3.05) is 13.2 Å². The molecule has 244 valence electrons. The van der Waals surface area contributed by atoms with Crippen LogP contribution in [0.3, 0.4) is 0 Å². The van der Waals surface area contributed by atoms with E-state index in [0.29, 0.717) is 0 Å². The smallest absolute Gasteiger partial charge is 0.458 e. The third-order valence-corrected chi connectivity index (χ3v) is 10.1. The van der Waals surface area contributed by atoms with Gasteiger partial charge in [0.05, 0.1) is 35.3 Å². The molecule has 5 rings (SSSR count). The molecule has 0 N–H and O–H groups in total. The third-order valence-electron chi connectivity index (χ3n) is 6.69. The Morgan fingerprint density at radius 1 is 0.717 bits per heavy atom. The molecular weight excluding hydrogens is 691 g/mol. The van der Waals surface area contributed by atoms with Gasteiger partial charge in [-0.3, -0.25) is 27.7 Å². The van der Waals surface area contributed by atoms with Crippen molar-refractivity contribution in [1.82, 2.24) is 0 Å². The Kier molecular flexibility index (Phi) is 11.2. The highest BCUT2D eigenvalue weighted by Gasteiger charge is 2.55. The maximum Gasteiger partial charge on any atom is 0.530 e. The van der Waals surface area contributed by atoms with Gasteiger partial charge in [-0.1, -0.05) is 47.5 Å². The van der Waals surface area contributed by atoms with Gasteiger partial charge in [-0.05, 0) is 24.3 Å². The summed E-state index contributed by atoms with van der Waals surface area (Å²) in [6.45, 7) is 0.878. The number of halogens is 2. The molecule has 20 heteroatoms. The molecule has 3 heterocycles. The van der Waals surface area contributed by atoms with Gasteiger partial charge in [-0.25, -0.2) is 9.13 Å². The van der Waals surface area contributed by atoms with E-state index in [-0.39, 0.29) is 21.5 Å². The van der Waals surface area contributed by atoms with Crippen LogP contribution in [0.15, 0.2) is 48.5 Å². The quantitative estimate of drug-likeness (QED) is 0.238. The third kappa shape index (κ3) is 8.30. The van der Waals surface area contributed by atoms with Crippen LogP contribution in [-0.4, -0.2) is 89.5 Å². The summed E-state index contributed by atoms with van der Waals surface area (Å²) in [4.78, 5) is 23.9. The zero-order valence-electron chi connectivity index (χ0n) is 24.2. The molecule has 0 saturated carbocycles. The van der Waals surface area contributed by atoms with E-state index < -0.39 is 89.4 Å². The Bertz CT molecular complexity index is 1430. The zero-order chi connectivity index (χ0) is 33.2. The fourth-order valence-electron chi connectivity index (χ4n) is 4.75. The molecule has 0 aromatic heterocycles. The Labute approximate surface area is 276 Å². The lowest BCUT2D eigenvalue weighted by atomic mass is 9.93. The highest BCUT2D eigenvalue weighted by Crippen LogP contribution is 2.57. The van der Waals surface area contributed by atoms with Crippen LogP contribution in [0.25, 0.3) is 0 Å². The largest absolute Gasteiger partial charge is 0.530 e. The number of phosphoric ester groups is 2. The molecule has 3 aliphatic heterocycles. The number of para-hydroxylation sites is 2. The predicted molar refractivity (Wildman–Crippen MR) is 161 cm³/mol. The number of hydrogen-bond donors (Lipinski definition) is 0. The monoisotopic (exact) mass is 716 g/mol. The number of esters is 2. The van der Waals surface area contributed by atoms with Gasteiger partial charge < -0.3 is 28.0 Å². The first-order valence-corrected chi connectivity index (χ1v) is 17.3. The fraction of sp³-hybridized carbons (Fsp3) is 0.462. The molecular formula is C26H26B2Cl2O14P2. The molecule has 2 aromatic rings. The van der Waals surface area contributed by atoms with Gasteiger partial charge in [0.1, 0.15) is 63.8 Å². The normalized spacial score (nSPS) is 36.3. The minimum atomic E-state index is -4.77. The lowest BCUT2D eigenvalue weighted by molar-refractivity contribution is -0.151. The van der Waals surface area contributed by atoms with Gasteiger partial charge in [0.25, 0.3) is 0 Å². The van der Waals surface area contributed by atoms with Crippen LogP contribution >= 0.6 is 38.8 Å². The number of ether oxygens (including phenoxy) is 4. The average molecular weight is 717 g/mol. The maximum atomic E-state index is 14.3. The van der Waals surface area contributed by atoms with Gasteiger partial charge in [-0.2, -0.15) is 0 Å². The first-order valence-electron chi connectivity index (χ1n) is 13.7. The highest BCUT2D eigenvalue weighted by molar-refractivity contribution is 7.49. The second-order valence-corrected chi connectivity index (χ2v) is 14.0. The molecule has 0 spiro atoms. The predicted octanol–water partition coefficient (Wildman–Crippen LogP) is 4.13. The number of phosphoric acid groups is 2. The molecule has 0 aliphatic carbocycles. The van der Waals surface area contributed by atoms with E-state index in [0.717, 1.165) is 13.8 Å². The van der Waals surface area contributed by atoms with Gasteiger partial charge in [-0.15, -0.1) is 0 Å². The van der Waals surface area contributed by atoms with E-state index in [9.17, 15) is 18.7 Å². The summed E-state index contributed by atoms with van der Waals surface area (Å²) >= 11 is 12.5. The van der Waals surface area contributed by atoms with Crippen molar-refractivity contribution in [2.45, 2.75) is 62.5 Å². The fourth-order valence-corrected chi connectivity index (χ4v) is 8.08. The Balaban J connectivity index is 1.55. The van der Waals surface area contributed by atoms with Crippen LogP contribution in [-0.2, 0) is 55.8 Å². The summed E-state index contributed by atoms with van der Waals surface area (Å²) in [6.07, 6.45) is -8.39. The van der Waals surface area contributed by atoms with Crippen molar-refractivity contribution in [3.8, 4) is 11.5 Å². The minimum Gasteiger partial charge on any atom is -0.458 e. The molecule has 3 saturated heterocycles. The summed E-state index contributed by atoms with van der Waals surface area (Å²) in [5.41, 5.74) is 0. The van der Waals surface area contributed by atoms with Gasteiger partial charge >= 0.3 is 27.6 Å². The minimum absolute atomic E-state index is 0.0553. The van der Waals surface area contributed by atoms with Crippen LogP contribution in [0.5, 0.6) is 11.5 Å². The molecule has 10 atom stereocenters. The summed E-state index contributed by atoms with van der Waals surface area (Å²) in [5, 5.41) is 0.111. The second-order valence-electron chi connectivity index (χ2n) is 10.1. The maximum absolute atomic E-state index is 14.3. The van der Waals surface area contributed by atoms with Crippen molar-refractivity contribution in [1.29, 1.82) is 0 Å². The number of hydrogen-bond acceptors (Lipinski definition) is 14. The molecule has 46 heavy (non-hydrogen) atoms. The summed E-state index contributed by atoms with van der Waals surface area (Å²) in [5.74, 6) is -1.72. The van der Waals surface area contributed by atoms with E-state index in [2.05, 4.69) is 0 Å². The molecule has 6 unspecified atom stereocenters. The molecule has 3 fully saturated rings. The first kappa shape index (κ1) is 35.2. The van der Waals surface area contributed by atoms with Crippen LogP contribution in [0.4, 0.5) is 0 Å². The van der Waals surface area contributed by atoms with Gasteiger partial charge in [0, 0.05) is 13.8 Å². The second kappa shape index (κ2) is 14.6. The van der Waals surface area contributed by atoms with Crippen LogP contribution in [0.1, 0.15) is 13.8 Å². The standard InChI is InChI=1S/C26H26B2Cl2O14P2/c1-13(31)37-23-21-19(39-25(23)27)11-35-46(34,42-18-10-6-4-8-16(18)30)44-22-20(40-26(28)24(22)38-14(2)32)12-36-45(33,43-21)41-17-9-5-3-7-15(17)29/h3-10,19-26H,11-12H2,1-2H3/t19-,20-,21?,22?,23?,24?,25-,26-,45?,46?/m1/s1. The molecule has 0 amide bonds. The topological polar surface area (TPSA) is 161 Å². The lowest BCUT2D eigenvalue weighted by Crippen LogP contribution is -2.42. The Hall–Kier alpha value is -2.09. The highest BCUT2D eigenvalue weighted by atomic mass is 35.5. The molecule has 3 aliphatic rings. The number of carbonyl (C=O) groups is 2. The molecule has 0 bridgehead atoms. The zero-order valence-corrected chi connectivity index (χ0v) is 27.5. The molecule has 4 radical (unpaired) electrons. The van der Waals surface area contributed by atoms with Crippen LogP contribution in [0.2, 0.25) is 10.0 Å². The number of fused-ring (bicyclic) bond motifs is 2. The van der Waals surface area contributed by atoms with E-state index in [1.807, 2.05) is 0 Å². The Morgan fingerprint density at radius 2 is 1.09 bits per heavy atom. The van der Waals surface area contributed by atoms with Crippen molar-refractivity contribution in [3.05, 3.63) is 58.6 Å². The lowest BCUT2D eigenvalue weighted by Gasteiger charge is -2.31. The van der Waals surface area contributed by atoms with Crippen LogP contribution in [0, 0.1) is 0 Å². The van der Waals surface area contributed by atoms with Crippen molar-refractivity contribution in [2.24, 2.45) is 0 Å². The summed E-state index contributed by atoms with van der Waals surface area (Å²) < 4.78 is 85.1. The average Bonchev–Trinajstić information content (AvgIpc) is 3.42. The van der Waals surface area contributed by atoms with Gasteiger partial charge in [0.15, 0.2) is 0 Å². The number of carbonyl (C=O) groups excluding carboxylic acids is 2. The SMILES string of the molecule is [B][C@@H]1O[C@@H]2COP(=O)(Oc3ccccc3Cl)OC3C(OC(C)=O)[C@H]([B])O[C@@H]3COP(=O)(Oc3ccccc3Cl)OC2C1OC(C)=O.